The molecule has 0 saturated heterocycles. The molecular formula is C46H66N6O9. The van der Waals surface area contributed by atoms with Gasteiger partial charge in [-0.1, -0.05) is 95.5 Å². The second kappa shape index (κ2) is 24.2. The number of rotatable bonds is 23. The molecule has 1 aliphatic carbocycles. The number of hydrogen-bond donors (Lipinski definition) is 7. The summed E-state index contributed by atoms with van der Waals surface area (Å²) in [5.74, 6) is -3.80. The number of aliphatic hydroxyl groups is 1. The number of benzene rings is 2. The van der Waals surface area contributed by atoms with Crippen molar-refractivity contribution >= 4 is 46.5 Å². The van der Waals surface area contributed by atoms with Gasteiger partial charge in [0.25, 0.3) is 0 Å². The van der Waals surface area contributed by atoms with Gasteiger partial charge >= 0.3 is 11.9 Å². The van der Waals surface area contributed by atoms with Crippen LogP contribution in [0.3, 0.4) is 0 Å². The fourth-order valence-corrected chi connectivity index (χ4v) is 7.73. The molecule has 1 fully saturated rings. The molecule has 1 saturated carbocycles. The molecule has 4 amide bonds. The van der Waals surface area contributed by atoms with E-state index in [2.05, 4.69) is 26.3 Å². The Hall–Kier alpha value is -5.28. The molecule has 1 heterocycles. The van der Waals surface area contributed by atoms with E-state index >= 15 is 0 Å². The topological polar surface area (TPSA) is 231 Å². The SMILES string of the molecule is COC(=O)[C@H](Cc1ccccc1)NC(=O)[C@H](CCC(=O)OCC1CCCCC1)NC(=O)C[C@H](O)C(CC(C)C)NC(=O)[C@@H](NC(=O)[C@@H](N)Cc1c[nH]c2ccccc12)C(C)C. The number of esters is 2. The van der Waals surface area contributed by atoms with Crippen LogP contribution >= 0.6 is 0 Å². The number of amides is 4. The lowest BCUT2D eigenvalue weighted by molar-refractivity contribution is -0.147. The van der Waals surface area contributed by atoms with E-state index in [0.29, 0.717) is 0 Å². The van der Waals surface area contributed by atoms with Crippen molar-refractivity contribution in [2.45, 2.75) is 135 Å². The quantitative estimate of drug-likeness (QED) is 0.0684. The molecule has 4 rings (SSSR count). The lowest BCUT2D eigenvalue weighted by Gasteiger charge is -2.30. The standard InChI is InChI=1S/C46H66N6O9/c1-28(2)22-37(50-45(58)42(29(3)4)52-43(56)34(47)24-32-26-48-35-19-13-12-18-33(32)35)39(53)25-40(54)49-36(20-21-41(55)61-27-31-16-10-7-11-17-31)44(57)51-38(46(59)60-5)23-30-14-8-6-9-15-30/h6,8-9,12-15,18-19,26,28-29,31,34,36-39,42,48,53H,7,10-11,16-17,20-25,27,47H2,1-5H3,(H,49,54)(H,50,58)(H,51,57)(H,52,56)/t34-,36-,37?,38-,39-,42-/m0/s1. The molecule has 3 aromatic rings. The predicted molar refractivity (Wildman–Crippen MR) is 232 cm³/mol. The number of methoxy groups -OCH3 is 1. The summed E-state index contributed by atoms with van der Waals surface area (Å²) in [5, 5.41) is 23.4. The largest absolute Gasteiger partial charge is 0.467 e. The molecule has 2 aromatic carbocycles. The number of carbonyl (C=O) groups is 6. The number of fused-ring (bicyclic) bond motifs is 1. The highest BCUT2D eigenvalue weighted by Gasteiger charge is 2.33. The number of aromatic nitrogens is 1. The number of nitrogens with two attached hydrogens (primary N) is 1. The van der Waals surface area contributed by atoms with Crippen molar-refractivity contribution < 1.29 is 43.3 Å². The highest BCUT2D eigenvalue weighted by atomic mass is 16.5. The first-order chi connectivity index (χ1) is 29.1. The molecule has 0 aliphatic heterocycles. The van der Waals surface area contributed by atoms with Crippen LogP contribution in [-0.2, 0) is 51.1 Å². The van der Waals surface area contributed by atoms with Gasteiger partial charge in [-0.15, -0.1) is 0 Å². The number of aromatic amines is 1. The number of ether oxygens (including phenoxy) is 2. The molecule has 0 spiro atoms. The maximum atomic E-state index is 13.8. The molecule has 1 unspecified atom stereocenters. The average Bonchev–Trinajstić information content (AvgIpc) is 3.65. The first-order valence-corrected chi connectivity index (χ1v) is 21.6. The van der Waals surface area contributed by atoms with Gasteiger partial charge in [-0.25, -0.2) is 4.79 Å². The Morgan fingerprint density at radius 3 is 2.18 bits per heavy atom. The second-order valence-corrected chi connectivity index (χ2v) is 17.0. The van der Waals surface area contributed by atoms with Crippen LogP contribution in [0.1, 0.15) is 96.6 Å². The minimum atomic E-state index is -1.40. The van der Waals surface area contributed by atoms with E-state index in [0.717, 1.165) is 54.1 Å². The third-order valence-corrected chi connectivity index (χ3v) is 11.2. The zero-order valence-corrected chi connectivity index (χ0v) is 36.2. The summed E-state index contributed by atoms with van der Waals surface area (Å²) in [7, 11) is 1.21. The van der Waals surface area contributed by atoms with Crippen LogP contribution in [0.15, 0.2) is 60.8 Å². The molecule has 15 heteroatoms. The Morgan fingerprint density at radius 1 is 0.820 bits per heavy atom. The van der Waals surface area contributed by atoms with Crippen LogP contribution in [0.5, 0.6) is 0 Å². The average molecular weight is 847 g/mol. The first-order valence-electron chi connectivity index (χ1n) is 21.6. The summed E-state index contributed by atoms with van der Waals surface area (Å²) in [4.78, 5) is 83.3. The van der Waals surface area contributed by atoms with Crippen LogP contribution in [0, 0.1) is 17.8 Å². The molecule has 334 valence electrons. The molecule has 1 aliphatic rings. The minimum Gasteiger partial charge on any atom is -0.467 e. The maximum absolute atomic E-state index is 13.8. The van der Waals surface area contributed by atoms with Crippen molar-refractivity contribution in [2.75, 3.05) is 13.7 Å². The summed E-state index contributed by atoms with van der Waals surface area (Å²) in [6, 6.07) is 11.5. The highest BCUT2D eigenvalue weighted by Crippen LogP contribution is 2.24. The van der Waals surface area contributed by atoms with E-state index in [4.69, 9.17) is 15.2 Å². The van der Waals surface area contributed by atoms with Crippen molar-refractivity contribution in [2.24, 2.45) is 23.5 Å². The molecule has 61 heavy (non-hydrogen) atoms. The molecule has 15 nitrogen and oxygen atoms in total. The fourth-order valence-electron chi connectivity index (χ4n) is 7.73. The summed E-state index contributed by atoms with van der Waals surface area (Å²) >= 11 is 0. The third-order valence-electron chi connectivity index (χ3n) is 11.2. The van der Waals surface area contributed by atoms with Gasteiger partial charge in [0, 0.05) is 29.9 Å². The van der Waals surface area contributed by atoms with Crippen molar-refractivity contribution in [3.63, 3.8) is 0 Å². The number of para-hydroxylation sites is 1. The minimum absolute atomic E-state index is 0.0160. The number of hydrogen-bond acceptors (Lipinski definition) is 10. The van der Waals surface area contributed by atoms with Crippen molar-refractivity contribution in [3.8, 4) is 0 Å². The number of nitrogens with one attached hydrogen (secondary N) is 5. The van der Waals surface area contributed by atoms with Crippen molar-refractivity contribution in [3.05, 3.63) is 71.9 Å². The van der Waals surface area contributed by atoms with Gasteiger partial charge in [-0.3, -0.25) is 24.0 Å². The third kappa shape index (κ3) is 15.6. The van der Waals surface area contributed by atoms with Crippen molar-refractivity contribution in [1.82, 2.24) is 26.3 Å². The molecule has 8 N–H and O–H groups in total. The van der Waals surface area contributed by atoms with Gasteiger partial charge in [0.2, 0.25) is 23.6 Å². The van der Waals surface area contributed by atoms with Gasteiger partial charge in [-0.05, 0) is 67.1 Å². The van der Waals surface area contributed by atoms with Gasteiger partial charge in [0.1, 0.15) is 18.1 Å². The summed E-state index contributed by atoms with van der Waals surface area (Å²) < 4.78 is 10.5. The Morgan fingerprint density at radius 2 is 1.51 bits per heavy atom. The van der Waals surface area contributed by atoms with E-state index in [1.54, 1.807) is 38.1 Å². The number of carbonyl (C=O) groups excluding carboxylic acids is 6. The lowest BCUT2D eigenvalue weighted by atomic mass is 9.90. The molecule has 6 atom stereocenters. The van der Waals surface area contributed by atoms with Gasteiger partial charge in [0.15, 0.2) is 0 Å². The van der Waals surface area contributed by atoms with Crippen LogP contribution < -0.4 is 27.0 Å². The van der Waals surface area contributed by atoms with Gasteiger partial charge < -0.3 is 46.6 Å². The van der Waals surface area contributed by atoms with Crippen LogP contribution in [0.25, 0.3) is 10.9 Å². The molecule has 1 aromatic heterocycles. The normalized spacial score (nSPS) is 16.1. The molecule has 0 bridgehead atoms. The number of H-pyrrole nitrogens is 1. The van der Waals surface area contributed by atoms with E-state index in [-0.39, 0.29) is 56.5 Å². The van der Waals surface area contributed by atoms with Crippen LogP contribution in [-0.4, -0.2) is 95.7 Å². The smallest absolute Gasteiger partial charge is 0.328 e. The van der Waals surface area contributed by atoms with E-state index in [9.17, 15) is 33.9 Å². The van der Waals surface area contributed by atoms with Crippen LogP contribution in [0.4, 0.5) is 0 Å². The molecular weight excluding hydrogens is 781 g/mol. The summed E-state index contributed by atoms with van der Waals surface area (Å²) in [6.07, 6.45) is 5.53. The van der Waals surface area contributed by atoms with Crippen molar-refractivity contribution in [1.29, 1.82) is 0 Å². The first kappa shape index (κ1) is 48.4. The second-order valence-electron chi connectivity index (χ2n) is 17.0. The number of aliphatic hydroxyl groups excluding tert-OH is 1. The monoisotopic (exact) mass is 846 g/mol. The van der Waals surface area contributed by atoms with Crippen LogP contribution in [0.2, 0.25) is 0 Å². The summed E-state index contributed by atoms with van der Waals surface area (Å²) in [5.41, 5.74) is 8.88. The Kier molecular flexibility index (Phi) is 19.2. The Balaban J connectivity index is 1.42. The van der Waals surface area contributed by atoms with Gasteiger partial charge in [0.05, 0.1) is 38.3 Å². The Bertz CT molecular complexity index is 1890. The highest BCUT2D eigenvalue weighted by molar-refractivity contribution is 5.92. The van der Waals surface area contributed by atoms with E-state index in [1.807, 2.05) is 50.4 Å². The summed E-state index contributed by atoms with van der Waals surface area (Å²) in [6.45, 7) is 7.64. The Labute approximate surface area is 359 Å². The predicted octanol–water partition coefficient (Wildman–Crippen LogP) is 3.75. The van der Waals surface area contributed by atoms with E-state index in [1.165, 1.54) is 7.11 Å². The zero-order valence-electron chi connectivity index (χ0n) is 36.2. The fraction of sp³-hybridized carbons (Fsp3) is 0.565. The van der Waals surface area contributed by atoms with Gasteiger partial charge in [-0.2, -0.15) is 0 Å². The lowest BCUT2D eigenvalue weighted by Crippen LogP contribution is -2.57. The molecule has 0 radical (unpaired) electrons. The van der Waals surface area contributed by atoms with E-state index < -0.39 is 78.3 Å². The maximum Gasteiger partial charge on any atom is 0.328 e. The zero-order chi connectivity index (χ0) is 44.5.